The Kier molecular flexibility index (Phi) is 2.07. The molecule has 0 aliphatic heterocycles. The lowest BCUT2D eigenvalue weighted by atomic mass is 10.2. The van der Waals surface area contributed by atoms with Crippen LogP contribution in [0.2, 0.25) is 0 Å². The molecule has 0 fully saturated rings. The maximum absolute atomic E-state index is 4.35. The lowest BCUT2D eigenvalue weighted by molar-refractivity contribution is 0.781. The van der Waals surface area contributed by atoms with E-state index >= 15 is 0 Å². The smallest absolute Gasteiger partial charge is 0.201 e. The SMILES string of the molecule is CC(C)c1nc(-c2cn(C)cn2)n[nH]1. The van der Waals surface area contributed by atoms with Crippen LogP contribution < -0.4 is 0 Å². The first-order valence-corrected chi connectivity index (χ1v) is 4.57. The number of hydrogen-bond donors (Lipinski definition) is 1. The number of H-pyrrole nitrogens is 1. The molecule has 2 aromatic heterocycles. The second-order valence-corrected chi connectivity index (χ2v) is 3.62. The molecule has 0 atom stereocenters. The molecule has 0 aromatic carbocycles. The summed E-state index contributed by atoms with van der Waals surface area (Å²) in [6.45, 7) is 4.14. The molecule has 0 amide bonds. The molecule has 2 rings (SSSR count). The fraction of sp³-hybridized carbons (Fsp3) is 0.444. The number of nitrogens with one attached hydrogen (secondary N) is 1. The second kappa shape index (κ2) is 3.25. The van der Waals surface area contributed by atoms with E-state index in [2.05, 4.69) is 34.0 Å². The number of aryl methyl sites for hydroxylation is 1. The minimum Gasteiger partial charge on any atom is -0.340 e. The molecular weight excluding hydrogens is 178 g/mol. The van der Waals surface area contributed by atoms with Gasteiger partial charge in [0, 0.05) is 19.2 Å². The van der Waals surface area contributed by atoms with Gasteiger partial charge in [0.05, 0.1) is 6.33 Å². The molecule has 2 aromatic rings. The van der Waals surface area contributed by atoms with Gasteiger partial charge in [0.2, 0.25) is 5.82 Å². The molecule has 0 saturated heterocycles. The number of aromatic nitrogens is 5. The zero-order chi connectivity index (χ0) is 10.1. The fourth-order valence-electron chi connectivity index (χ4n) is 1.18. The van der Waals surface area contributed by atoms with Gasteiger partial charge in [0.1, 0.15) is 11.5 Å². The van der Waals surface area contributed by atoms with Crippen LogP contribution in [0.1, 0.15) is 25.6 Å². The quantitative estimate of drug-likeness (QED) is 0.779. The van der Waals surface area contributed by atoms with Gasteiger partial charge in [-0.1, -0.05) is 13.8 Å². The Bertz CT molecular complexity index is 426. The highest BCUT2D eigenvalue weighted by atomic mass is 15.2. The van der Waals surface area contributed by atoms with E-state index in [4.69, 9.17) is 0 Å². The lowest BCUT2D eigenvalue weighted by Gasteiger charge is -1.94. The molecule has 14 heavy (non-hydrogen) atoms. The standard InChI is InChI=1S/C9H13N5/c1-6(2)8-11-9(13-12-8)7-4-14(3)5-10-7/h4-6H,1-3H3,(H,11,12,13). The van der Waals surface area contributed by atoms with E-state index in [9.17, 15) is 0 Å². The van der Waals surface area contributed by atoms with Crippen LogP contribution in [0.15, 0.2) is 12.5 Å². The summed E-state index contributed by atoms with van der Waals surface area (Å²) in [5.74, 6) is 1.92. The van der Waals surface area contributed by atoms with Crippen LogP contribution >= 0.6 is 0 Å². The van der Waals surface area contributed by atoms with Crippen LogP contribution in [0.3, 0.4) is 0 Å². The largest absolute Gasteiger partial charge is 0.340 e. The Morgan fingerprint density at radius 1 is 1.43 bits per heavy atom. The highest BCUT2D eigenvalue weighted by Crippen LogP contribution is 2.14. The van der Waals surface area contributed by atoms with E-state index in [1.165, 1.54) is 0 Å². The lowest BCUT2D eigenvalue weighted by Crippen LogP contribution is -1.89. The molecule has 0 saturated carbocycles. The van der Waals surface area contributed by atoms with Gasteiger partial charge in [-0.05, 0) is 0 Å². The third-order valence-electron chi connectivity index (χ3n) is 1.98. The fourth-order valence-corrected chi connectivity index (χ4v) is 1.18. The average Bonchev–Trinajstić information content (AvgIpc) is 2.70. The second-order valence-electron chi connectivity index (χ2n) is 3.62. The normalized spacial score (nSPS) is 11.1. The molecule has 0 radical (unpaired) electrons. The van der Waals surface area contributed by atoms with Gasteiger partial charge < -0.3 is 4.57 Å². The number of rotatable bonds is 2. The van der Waals surface area contributed by atoms with E-state index < -0.39 is 0 Å². The highest BCUT2D eigenvalue weighted by Gasteiger charge is 2.09. The molecule has 0 aliphatic carbocycles. The topological polar surface area (TPSA) is 59.4 Å². The van der Waals surface area contributed by atoms with Crippen molar-refractivity contribution >= 4 is 0 Å². The molecule has 74 valence electrons. The van der Waals surface area contributed by atoms with Gasteiger partial charge in [0.15, 0.2) is 0 Å². The Hall–Kier alpha value is -1.65. The number of aromatic amines is 1. The summed E-state index contributed by atoms with van der Waals surface area (Å²) in [6.07, 6.45) is 3.63. The van der Waals surface area contributed by atoms with Crippen molar-refractivity contribution < 1.29 is 0 Å². The monoisotopic (exact) mass is 191 g/mol. The summed E-state index contributed by atoms with van der Waals surface area (Å²) in [7, 11) is 1.92. The van der Waals surface area contributed by atoms with Crippen molar-refractivity contribution in [2.75, 3.05) is 0 Å². The minimum atomic E-state index is 0.361. The third-order valence-corrected chi connectivity index (χ3v) is 1.98. The van der Waals surface area contributed by atoms with Crippen LogP contribution in [-0.4, -0.2) is 24.7 Å². The summed E-state index contributed by atoms with van der Waals surface area (Å²) in [4.78, 5) is 8.53. The maximum atomic E-state index is 4.35. The number of imidazole rings is 1. The van der Waals surface area contributed by atoms with Crippen molar-refractivity contribution in [1.29, 1.82) is 0 Å². The predicted octanol–water partition coefficient (Wildman–Crippen LogP) is 1.33. The van der Waals surface area contributed by atoms with Gasteiger partial charge in [-0.2, -0.15) is 5.10 Å². The van der Waals surface area contributed by atoms with Crippen molar-refractivity contribution in [3.05, 3.63) is 18.3 Å². The van der Waals surface area contributed by atoms with E-state index in [1.54, 1.807) is 6.33 Å². The van der Waals surface area contributed by atoms with E-state index in [1.807, 2.05) is 17.8 Å². The van der Waals surface area contributed by atoms with Crippen molar-refractivity contribution in [3.8, 4) is 11.5 Å². The first-order valence-electron chi connectivity index (χ1n) is 4.57. The van der Waals surface area contributed by atoms with Crippen molar-refractivity contribution in [3.63, 3.8) is 0 Å². The Morgan fingerprint density at radius 2 is 2.21 bits per heavy atom. The van der Waals surface area contributed by atoms with Gasteiger partial charge in [-0.25, -0.2) is 9.97 Å². The molecule has 0 bridgehead atoms. The minimum absolute atomic E-state index is 0.361. The van der Waals surface area contributed by atoms with E-state index in [0.29, 0.717) is 11.7 Å². The maximum Gasteiger partial charge on any atom is 0.201 e. The summed E-state index contributed by atoms with van der Waals surface area (Å²) in [5.41, 5.74) is 0.802. The zero-order valence-corrected chi connectivity index (χ0v) is 8.52. The highest BCUT2D eigenvalue weighted by molar-refractivity contribution is 5.46. The van der Waals surface area contributed by atoms with E-state index in [-0.39, 0.29) is 0 Å². The summed E-state index contributed by atoms with van der Waals surface area (Å²) in [6, 6.07) is 0. The first-order chi connectivity index (χ1) is 6.66. The first kappa shape index (κ1) is 8.93. The van der Waals surface area contributed by atoms with Crippen LogP contribution in [0.4, 0.5) is 0 Å². The van der Waals surface area contributed by atoms with Gasteiger partial charge in [0.25, 0.3) is 0 Å². The van der Waals surface area contributed by atoms with Crippen LogP contribution in [0, 0.1) is 0 Å². The van der Waals surface area contributed by atoms with E-state index in [0.717, 1.165) is 11.5 Å². The molecule has 1 N–H and O–H groups in total. The zero-order valence-electron chi connectivity index (χ0n) is 8.52. The summed E-state index contributed by atoms with van der Waals surface area (Å²) in [5, 5.41) is 7.01. The molecule has 2 heterocycles. The van der Waals surface area contributed by atoms with Crippen molar-refractivity contribution in [2.24, 2.45) is 7.05 Å². The van der Waals surface area contributed by atoms with Gasteiger partial charge >= 0.3 is 0 Å². The number of hydrogen-bond acceptors (Lipinski definition) is 3. The van der Waals surface area contributed by atoms with Crippen LogP contribution in [0.5, 0.6) is 0 Å². The molecule has 5 heteroatoms. The third kappa shape index (κ3) is 1.53. The molecule has 0 unspecified atom stereocenters. The van der Waals surface area contributed by atoms with Crippen molar-refractivity contribution in [1.82, 2.24) is 24.7 Å². The molecular formula is C9H13N5. The average molecular weight is 191 g/mol. The Morgan fingerprint density at radius 3 is 2.71 bits per heavy atom. The molecule has 0 aliphatic rings. The molecule has 5 nitrogen and oxygen atoms in total. The summed E-state index contributed by atoms with van der Waals surface area (Å²) < 4.78 is 1.88. The van der Waals surface area contributed by atoms with Crippen LogP contribution in [0.25, 0.3) is 11.5 Å². The predicted molar refractivity (Wildman–Crippen MR) is 52.7 cm³/mol. The van der Waals surface area contributed by atoms with Crippen molar-refractivity contribution in [2.45, 2.75) is 19.8 Å². The van der Waals surface area contributed by atoms with Gasteiger partial charge in [-0.15, -0.1) is 0 Å². The van der Waals surface area contributed by atoms with Gasteiger partial charge in [-0.3, -0.25) is 5.10 Å². The Labute approximate surface area is 82.2 Å². The molecule has 0 spiro atoms. The Balaban J connectivity index is 2.33. The summed E-state index contributed by atoms with van der Waals surface area (Å²) >= 11 is 0. The van der Waals surface area contributed by atoms with Crippen LogP contribution in [-0.2, 0) is 7.05 Å². The number of nitrogens with zero attached hydrogens (tertiary/aromatic N) is 4.